The number of benzene rings is 2. The van der Waals surface area contributed by atoms with Gasteiger partial charge in [-0.1, -0.05) is 44.2 Å². The Kier molecular flexibility index (Phi) is 9.41. The van der Waals surface area contributed by atoms with Crippen molar-refractivity contribution in [1.29, 1.82) is 0 Å². The average Bonchev–Trinajstić information content (AvgIpc) is 3.03. The SMILES string of the molecule is CC(C)CCN(CC(O)C(Cc1ccccc1)NC(=O)OC12COC3OCC1CC3C2)NS(=O)(=O)c1ccc(N)cc1. The summed E-state index contributed by atoms with van der Waals surface area (Å²) in [5.74, 6) is 0.573. The van der Waals surface area contributed by atoms with Crippen LogP contribution in [0.25, 0.3) is 0 Å². The minimum Gasteiger partial charge on any atom is -0.440 e. The Morgan fingerprint density at radius 3 is 2.62 bits per heavy atom. The summed E-state index contributed by atoms with van der Waals surface area (Å²) < 4.78 is 44.0. The normalized spacial score (nSPS) is 26.4. The fraction of sp³-hybridized carbons (Fsp3) is 0.567. The van der Waals surface area contributed by atoms with E-state index >= 15 is 0 Å². The molecule has 6 unspecified atom stereocenters. The lowest BCUT2D eigenvalue weighted by Gasteiger charge is -2.36. The molecule has 3 aliphatic rings. The molecule has 2 saturated heterocycles. The Morgan fingerprint density at radius 2 is 1.90 bits per heavy atom. The number of nitrogen functional groups attached to an aromatic ring is 1. The standard InChI is InChI=1S/C30H42N4O7S/c1-20(2)12-13-34(33-42(37,38)25-10-8-24(31)9-11-25)17-27(35)26(14-21-6-4-3-5-7-21)32-29(36)41-30-16-22-15-23(30)18-39-28(22)40-19-30/h3-11,20,22-23,26-28,33,35H,12-19,31H2,1-2H3,(H,32,36). The van der Waals surface area contributed by atoms with Crippen LogP contribution in [-0.2, 0) is 30.7 Å². The van der Waals surface area contributed by atoms with E-state index in [2.05, 4.69) is 10.1 Å². The molecule has 0 radical (unpaired) electrons. The number of anilines is 1. The van der Waals surface area contributed by atoms with E-state index in [1.54, 1.807) is 0 Å². The Balaban J connectivity index is 1.30. The highest BCUT2D eigenvalue weighted by atomic mass is 32.2. The van der Waals surface area contributed by atoms with Crippen molar-refractivity contribution >= 4 is 21.8 Å². The zero-order valence-electron chi connectivity index (χ0n) is 24.1. The van der Waals surface area contributed by atoms with Crippen LogP contribution in [0.2, 0.25) is 0 Å². The fourth-order valence-electron chi connectivity index (χ4n) is 6.11. The third-order valence-electron chi connectivity index (χ3n) is 8.46. The molecule has 42 heavy (non-hydrogen) atoms. The number of rotatable bonds is 13. The second kappa shape index (κ2) is 12.9. The lowest BCUT2D eigenvalue weighted by atomic mass is 9.92. The summed E-state index contributed by atoms with van der Waals surface area (Å²) in [7, 11) is -3.94. The van der Waals surface area contributed by atoms with Gasteiger partial charge in [0.05, 0.1) is 30.3 Å². The number of sulfonamides is 1. The number of hydrogen-bond donors (Lipinski definition) is 4. The summed E-state index contributed by atoms with van der Waals surface area (Å²) in [6.07, 6.45) is 0.593. The van der Waals surface area contributed by atoms with Crippen molar-refractivity contribution in [3.63, 3.8) is 0 Å². The van der Waals surface area contributed by atoms with E-state index in [1.165, 1.54) is 29.3 Å². The molecule has 1 amide bonds. The highest BCUT2D eigenvalue weighted by molar-refractivity contribution is 7.89. The Morgan fingerprint density at radius 1 is 1.17 bits per heavy atom. The van der Waals surface area contributed by atoms with Crippen LogP contribution in [0.5, 0.6) is 0 Å². The van der Waals surface area contributed by atoms with Crippen molar-refractivity contribution in [2.75, 3.05) is 32.0 Å². The second-order valence-corrected chi connectivity index (χ2v) is 13.8. The average molecular weight is 603 g/mol. The molecule has 3 bridgehead atoms. The molecule has 2 heterocycles. The highest BCUT2D eigenvalue weighted by Gasteiger charge is 2.60. The Hall–Kier alpha value is -2.74. The van der Waals surface area contributed by atoms with Crippen LogP contribution in [-0.4, -0.2) is 75.0 Å². The van der Waals surface area contributed by atoms with Gasteiger partial charge in [-0.15, -0.1) is 4.83 Å². The third kappa shape index (κ3) is 7.24. The molecular weight excluding hydrogens is 560 g/mol. The summed E-state index contributed by atoms with van der Waals surface area (Å²) in [6, 6.07) is 14.7. The smallest absolute Gasteiger partial charge is 0.408 e. The zero-order valence-corrected chi connectivity index (χ0v) is 25.0. The molecule has 230 valence electrons. The molecule has 11 nitrogen and oxygen atoms in total. The molecule has 12 heteroatoms. The van der Waals surface area contributed by atoms with E-state index in [0.29, 0.717) is 44.0 Å². The number of nitrogens with zero attached hydrogens (tertiary/aromatic N) is 1. The second-order valence-electron chi connectivity index (χ2n) is 12.2. The first-order valence-corrected chi connectivity index (χ1v) is 16.1. The molecule has 2 aromatic rings. The van der Waals surface area contributed by atoms with Crippen LogP contribution < -0.4 is 15.9 Å². The predicted octanol–water partition coefficient (Wildman–Crippen LogP) is 2.66. The molecule has 5 N–H and O–H groups in total. The van der Waals surface area contributed by atoms with E-state index < -0.39 is 33.9 Å². The van der Waals surface area contributed by atoms with Gasteiger partial charge in [0.15, 0.2) is 6.29 Å². The molecule has 1 aliphatic carbocycles. The molecule has 0 spiro atoms. The number of amides is 1. The lowest BCUT2D eigenvalue weighted by molar-refractivity contribution is -0.200. The van der Waals surface area contributed by atoms with Gasteiger partial charge in [0, 0.05) is 30.6 Å². The molecular formula is C30H42N4O7S. The summed E-state index contributed by atoms with van der Waals surface area (Å²) in [5.41, 5.74) is 6.35. The van der Waals surface area contributed by atoms with Gasteiger partial charge in [-0.05, 0) is 61.4 Å². The van der Waals surface area contributed by atoms with E-state index in [-0.39, 0.29) is 36.2 Å². The quantitative estimate of drug-likeness (QED) is 0.200. The molecule has 2 aliphatic heterocycles. The zero-order chi connectivity index (χ0) is 29.9. The number of aliphatic hydroxyl groups excluding tert-OH is 1. The van der Waals surface area contributed by atoms with E-state index in [0.717, 1.165) is 12.0 Å². The summed E-state index contributed by atoms with van der Waals surface area (Å²) >= 11 is 0. The van der Waals surface area contributed by atoms with Crippen LogP contribution in [0.4, 0.5) is 10.5 Å². The van der Waals surface area contributed by atoms with Gasteiger partial charge >= 0.3 is 6.09 Å². The number of carbonyl (C=O) groups excluding carboxylic acids is 1. The van der Waals surface area contributed by atoms with Gasteiger partial charge in [-0.25, -0.2) is 18.2 Å². The monoisotopic (exact) mass is 602 g/mol. The number of hydrogen-bond acceptors (Lipinski definition) is 9. The van der Waals surface area contributed by atoms with Gasteiger partial charge < -0.3 is 30.4 Å². The molecule has 6 atom stereocenters. The number of carbonyl (C=O) groups is 1. The molecule has 1 saturated carbocycles. The number of fused-ring (bicyclic) bond motifs is 3. The number of nitrogens with two attached hydrogens (primary N) is 1. The van der Waals surface area contributed by atoms with Crippen molar-refractivity contribution in [3.05, 3.63) is 60.2 Å². The van der Waals surface area contributed by atoms with Crippen molar-refractivity contribution in [2.24, 2.45) is 17.8 Å². The van der Waals surface area contributed by atoms with E-state index in [4.69, 9.17) is 19.9 Å². The maximum atomic E-state index is 13.3. The van der Waals surface area contributed by atoms with Crippen LogP contribution in [0.15, 0.2) is 59.5 Å². The predicted molar refractivity (Wildman–Crippen MR) is 156 cm³/mol. The minimum atomic E-state index is -3.94. The number of alkyl carbamates (subject to hydrolysis) is 1. The van der Waals surface area contributed by atoms with Crippen molar-refractivity contribution in [3.8, 4) is 0 Å². The van der Waals surface area contributed by atoms with Crippen LogP contribution in [0.3, 0.4) is 0 Å². The lowest BCUT2D eigenvalue weighted by Crippen LogP contribution is -2.55. The van der Waals surface area contributed by atoms with Gasteiger partial charge in [-0.2, -0.15) is 0 Å². The minimum absolute atomic E-state index is 0.0604. The first-order chi connectivity index (χ1) is 20.0. The third-order valence-corrected chi connectivity index (χ3v) is 9.85. The first kappa shape index (κ1) is 30.7. The first-order valence-electron chi connectivity index (χ1n) is 14.6. The van der Waals surface area contributed by atoms with Gasteiger partial charge in [0.2, 0.25) is 0 Å². The highest BCUT2D eigenvalue weighted by Crippen LogP contribution is 2.52. The van der Waals surface area contributed by atoms with Crippen molar-refractivity contribution in [2.45, 2.75) is 68.5 Å². The topological polar surface area (TPSA) is 152 Å². The summed E-state index contributed by atoms with van der Waals surface area (Å²) in [5, 5.41) is 15.9. The van der Waals surface area contributed by atoms with Gasteiger partial charge in [0.25, 0.3) is 10.0 Å². The van der Waals surface area contributed by atoms with Crippen molar-refractivity contribution in [1.82, 2.24) is 15.2 Å². The van der Waals surface area contributed by atoms with Gasteiger partial charge in [0.1, 0.15) is 5.60 Å². The molecule has 5 rings (SSSR count). The van der Waals surface area contributed by atoms with E-state index in [9.17, 15) is 18.3 Å². The maximum absolute atomic E-state index is 13.3. The fourth-order valence-corrected chi connectivity index (χ4v) is 7.22. The largest absolute Gasteiger partial charge is 0.440 e. The Labute approximate surface area is 247 Å². The number of hydrazine groups is 1. The number of ether oxygens (including phenoxy) is 3. The summed E-state index contributed by atoms with van der Waals surface area (Å²) in [4.78, 5) is 16.0. The number of nitrogens with one attached hydrogen (secondary N) is 2. The number of aliphatic hydroxyl groups is 1. The van der Waals surface area contributed by atoms with Gasteiger partial charge in [-0.3, -0.25) is 0 Å². The van der Waals surface area contributed by atoms with Crippen LogP contribution >= 0.6 is 0 Å². The molecule has 0 aromatic heterocycles. The molecule has 2 aromatic carbocycles. The van der Waals surface area contributed by atoms with Crippen LogP contribution in [0, 0.1) is 17.8 Å². The maximum Gasteiger partial charge on any atom is 0.408 e. The van der Waals surface area contributed by atoms with Crippen LogP contribution in [0.1, 0.15) is 38.7 Å². The Bertz CT molecular complexity index is 1310. The van der Waals surface area contributed by atoms with E-state index in [1.807, 2.05) is 44.2 Å². The van der Waals surface area contributed by atoms with Crippen molar-refractivity contribution < 1.29 is 32.5 Å². The molecule has 3 fully saturated rings. The summed E-state index contributed by atoms with van der Waals surface area (Å²) in [6.45, 7) is 5.15.